The van der Waals surface area contributed by atoms with Gasteiger partial charge in [0.05, 0.1) is 6.04 Å². The van der Waals surface area contributed by atoms with Crippen molar-refractivity contribution < 1.29 is 4.79 Å². The normalized spacial score (nSPS) is 14.7. The van der Waals surface area contributed by atoms with Gasteiger partial charge in [0, 0.05) is 6.04 Å². The molecule has 0 aromatic rings. The summed E-state index contributed by atoms with van der Waals surface area (Å²) in [7, 11) is 0. The van der Waals surface area contributed by atoms with Crippen LogP contribution in [0.3, 0.4) is 0 Å². The van der Waals surface area contributed by atoms with E-state index in [1.54, 1.807) is 0 Å². The standard InChI is InChI=1S/C14H30N2O/c1-5-6-10-13(15)14(17)16-12(4)9-7-8-11(2)3/h11-13H,5-10,15H2,1-4H3,(H,16,17). The molecule has 0 aliphatic rings. The lowest BCUT2D eigenvalue weighted by molar-refractivity contribution is -0.123. The number of amides is 1. The lowest BCUT2D eigenvalue weighted by Crippen LogP contribution is -2.44. The van der Waals surface area contributed by atoms with E-state index in [9.17, 15) is 4.79 Å². The number of carbonyl (C=O) groups excluding carboxylic acids is 1. The van der Waals surface area contributed by atoms with Gasteiger partial charge in [-0.1, -0.05) is 46.5 Å². The van der Waals surface area contributed by atoms with Gasteiger partial charge in [-0.05, 0) is 25.7 Å². The van der Waals surface area contributed by atoms with Gasteiger partial charge in [-0.25, -0.2) is 0 Å². The first kappa shape index (κ1) is 16.4. The Morgan fingerprint density at radius 2 is 1.76 bits per heavy atom. The van der Waals surface area contributed by atoms with Crippen molar-refractivity contribution in [1.82, 2.24) is 5.32 Å². The predicted octanol–water partition coefficient (Wildman–Crippen LogP) is 2.83. The van der Waals surface area contributed by atoms with Crippen LogP contribution in [0.4, 0.5) is 0 Å². The van der Waals surface area contributed by atoms with E-state index in [-0.39, 0.29) is 18.0 Å². The number of nitrogens with one attached hydrogen (secondary N) is 1. The van der Waals surface area contributed by atoms with Crippen LogP contribution >= 0.6 is 0 Å². The van der Waals surface area contributed by atoms with Crippen LogP contribution in [0.15, 0.2) is 0 Å². The van der Waals surface area contributed by atoms with Gasteiger partial charge >= 0.3 is 0 Å². The second kappa shape index (κ2) is 9.46. The minimum atomic E-state index is -0.331. The van der Waals surface area contributed by atoms with Crippen LogP contribution in [-0.4, -0.2) is 18.0 Å². The van der Waals surface area contributed by atoms with E-state index in [4.69, 9.17) is 5.73 Å². The molecule has 0 aromatic carbocycles. The van der Waals surface area contributed by atoms with E-state index >= 15 is 0 Å². The molecule has 0 bridgehead atoms. The highest BCUT2D eigenvalue weighted by molar-refractivity contribution is 5.81. The number of unbranched alkanes of at least 4 members (excludes halogenated alkanes) is 1. The highest BCUT2D eigenvalue weighted by Gasteiger charge is 2.14. The fraction of sp³-hybridized carbons (Fsp3) is 0.929. The number of rotatable bonds is 9. The molecule has 2 atom stereocenters. The molecule has 0 spiro atoms. The molecule has 0 heterocycles. The largest absolute Gasteiger partial charge is 0.352 e. The van der Waals surface area contributed by atoms with Crippen molar-refractivity contribution in [2.45, 2.75) is 78.3 Å². The zero-order valence-corrected chi connectivity index (χ0v) is 12.0. The summed E-state index contributed by atoms with van der Waals surface area (Å²) in [4.78, 5) is 11.7. The summed E-state index contributed by atoms with van der Waals surface area (Å²) < 4.78 is 0. The molecule has 0 rings (SSSR count). The zero-order chi connectivity index (χ0) is 13.3. The monoisotopic (exact) mass is 242 g/mol. The number of nitrogens with two attached hydrogens (primary N) is 1. The third kappa shape index (κ3) is 9.16. The maximum atomic E-state index is 11.7. The van der Waals surface area contributed by atoms with Crippen LogP contribution in [-0.2, 0) is 4.79 Å². The molecule has 3 nitrogen and oxygen atoms in total. The van der Waals surface area contributed by atoms with Crippen molar-refractivity contribution in [2.24, 2.45) is 11.7 Å². The summed E-state index contributed by atoms with van der Waals surface area (Å²) in [5.74, 6) is 0.750. The van der Waals surface area contributed by atoms with E-state index in [2.05, 4.69) is 33.0 Å². The zero-order valence-electron chi connectivity index (χ0n) is 12.0. The second-order valence-electron chi connectivity index (χ2n) is 5.48. The average Bonchev–Trinajstić information content (AvgIpc) is 2.25. The average molecular weight is 242 g/mol. The molecule has 2 unspecified atom stereocenters. The Kier molecular flexibility index (Phi) is 9.14. The molecule has 1 amide bonds. The summed E-state index contributed by atoms with van der Waals surface area (Å²) in [6.07, 6.45) is 6.35. The third-order valence-electron chi connectivity index (χ3n) is 3.01. The minimum Gasteiger partial charge on any atom is -0.352 e. The SMILES string of the molecule is CCCCC(N)C(=O)NC(C)CCCC(C)C. The molecular formula is C14H30N2O. The lowest BCUT2D eigenvalue weighted by Gasteiger charge is -2.17. The quantitative estimate of drug-likeness (QED) is 0.653. The second-order valence-corrected chi connectivity index (χ2v) is 5.48. The van der Waals surface area contributed by atoms with Crippen LogP contribution in [0.1, 0.15) is 66.2 Å². The molecule has 0 saturated carbocycles. The van der Waals surface area contributed by atoms with E-state index in [1.807, 2.05) is 0 Å². The van der Waals surface area contributed by atoms with Crippen molar-refractivity contribution in [1.29, 1.82) is 0 Å². The smallest absolute Gasteiger partial charge is 0.237 e. The Hall–Kier alpha value is -0.570. The van der Waals surface area contributed by atoms with Gasteiger partial charge in [0.15, 0.2) is 0 Å². The molecule has 0 aromatic heterocycles. The van der Waals surface area contributed by atoms with E-state index in [1.165, 1.54) is 12.8 Å². The van der Waals surface area contributed by atoms with Crippen LogP contribution in [0, 0.1) is 5.92 Å². The Bertz CT molecular complexity index is 204. The minimum absolute atomic E-state index is 0.00972. The summed E-state index contributed by atoms with van der Waals surface area (Å²) in [6.45, 7) is 8.62. The molecule has 0 aliphatic carbocycles. The van der Waals surface area contributed by atoms with Gasteiger partial charge in [-0.3, -0.25) is 4.79 Å². The van der Waals surface area contributed by atoms with Crippen molar-refractivity contribution in [3.8, 4) is 0 Å². The maximum absolute atomic E-state index is 11.7. The first-order valence-electron chi connectivity index (χ1n) is 7.03. The Balaban J connectivity index is 3.71. The van der Waals surface area contributed by atoms with Crippen LogP contribution < -0.4 is 11.1 Å². The fourth-order valence-electron chi connectivity index (χ4n) is 1.81. The molecule has 3 N–H and O–H groups in total. The lowest BCUT2D eigenvalue weighted by atomic mass is 10.0. The van der Waals surface area contributed by atoms with Crippen molar-refractivity contribution in [3.05, 3.63) is 0 Å². The molecule has 0 saturated heterocycles. The van der Waals surface area contributed by atoms with Crippen molar-refractivity contribution in [2.75, 3.05) is 0 Å². The Morgan fingerprint density at radius 1 is 1.12 bits per heavy atom. The van der Waals surface area contributed by atoms with Gasteiger partial charge in [0.1, 0.15) is 0 Å². The van der Waals surface area contributed by atoms with Gasteiger partial charge in [-0.15, -0.1) is 0 Å². The molecule has 0 aliphatic heterocycles. The summed E-state index contributed by atoms with van der Waals surface area (Å²) in [6, 6.07) is -0.0866. The summed E-state index contributed by atoms with van der Waals surface area (Å²) in [5, 5.41) is 3.00. The highest BCUT2D eigenvalue weighted by atomic mass is 16.2. The van der Waals surface area contributed by atoms with Crippen LogP contribution in [0.25, 0.3) is 0 Å². The molecule has 0 fully saturated rings. The van der Waals surface area contributed by atoms with Crippen LogP contribution in [0.5, 0.6) is 0 Å². The van der Waals surface area contributed by atoms with Gasteiger partial charge in [0.2, 0.25) is 5.91 Å². The highest BCUT2D eigenvalue weighted by Crippen LogP contribution is 2.08. The Morgan fingerprint density at radius 3 is 2.29 bits per heavy atom. The first-order chi connectivity index (χ1) is 7.97. The van der Waals surface area contributed by atoms with Gasteiger partial charge in [-0.2, -0.15) is 0 Å². The first-order valence-corrected chi connectivity index (χ1v) is 7.03. The number of hydrogen-bond donors (Lipinski definition) is 2. The van der Waals surface area contributed by atoms with Crippen molar-refractivity contribution >= 4 is 5.91 Å². The fourth-order valence-corrected chi connectivity index (χ4v) is 1.81. The van der Waals surface area contributed by atoms with E-state index < -0.39 is 0 Å². The van der Waals surface area contributed by atoms with Gasteiger partial charge < -0.3 is 11.1 Å². The molecule has 0 radical (unpaired) electrons. The number of carbonyl (C=O) groups is 1. The molecular weight excluding hydrogens is 212 g/mol. The van der Waals surface area contributed by atoms with Crippen molar-refractivity contribution in [3.63, 3.8) is 0 Å². The summed E-state index contributed by atoms with van der Waals surface area (Å²) in [5.41, 5.74) is 5.82. The summed E-state index contributed by atoms with van der Waals surface area (Å²) >= 11 is 0. The van der Waals surface area contributed by atoms with E-state index in [0.29, 0.717) is 0 Å². The topological polar surface area (TPSA) is 55.1 Å². The van der Waals surface area contributed by atoms with Gasteiger partial charge in [0.25, 0.3) is 0 Å². The molecule has 3 heteroatoms. The predicted molar refractivity (Wildman–Crippen MR) is 73.8 cm³/mol. The van der Waals surface area contributed by atoms with Crippen LogP contribution in [0.2, 0.25) is 0 Å². The molecule has 17 heavy (non-hydrogen) atoms. The third-order valence-corrected chi connectivity index (χ3v) is 3.01. The van der Waals surface area contributed by atoms with E-state index in [0.717, 1.165) is 31.6 Å². The number of hydrogen-bond acceptors (Lipinski definition) is 2. The molecule has 102 valence electrons. The maximum Gasteiger partial charge on any atom is 0.237 e. The Labute approximate surface area is 107 Å².